The minimum absolute atomic E-state index is 0.363. The van der Waals surface area contributed by atoms with Crippen LogP contribution in [0.1, 0.15) is 11.1 Å². The molecule has 3 aromatic rings. The molecule has 0 saturated carbocycles. The van der Waals surface area contributed by atoms with Crippen LogP contribution in [0.3, 0.4) is 0 Å². The number of H-pyrrole nitrogens is 1. The van der Waals surface area contributed by atoms with Crippen molar-refractivity contribution >= 4 is 38.4 Å². The SMILES string of the molecule is N#C/C(=C/c1c[nH]c2ccc(Cl)cc12)S(=O)(=O)Cc1ccc(F)cc1. The maximum atomic E-state index is 12.9. The standard InChI is InChI=1S/C18H12ClFN2O2S/c19-14-3-6-18-17(8-14)13(10-22-18)7-16(9-21)25(23,24)11-12-1-4-15(20)5-2-12/h1-8,10,22H,11H2/b16-7-. The normalized spacial score (nSPS) is 12.3. The Morgan fingerprint density at radius 1 is 1.24 bits per heavy atom. The largest absolute Gasteiger partial charge is 0.361 e. The molecule has 7 heteroatoms. The summed E-state index contributed by atoms with van der Waals surface area (Å²) >= 11 is 5.98. The van der Waals surface area contributed by atoms with Crippen LogP contribution in [-0.4, -0.2) is 13.4 Å². The third-order valence-electron chi connectivity index (χ3n) is 3.68. The third kappa shape index (κ3) is 3.73. The Kier molecular flexibility index (Phi) is 4.62. The lowest BCUT2D eigenvalue weighted by molar-refractivity contribution is 0.602. The molecule has 0 spiro atoms. The van der Waals surface area contributed by atoms with Gasteiger partial charge in [0.1, 0.15) is 16.8 Å². The van der Waals surface area contributed by atoms with Crippen molar-refractivity contribution in [3.8, 4) is 6.07 Å². The fourth-order valence-electron chi connectivity index (χ4n) is 2.44. The average molecular weight is 375 g/mol. The van der Waals surface area contributed by atoms with Crippen LogP contribution in [0.4, 0.5) is 4.39 Å². The van der Waals surface area contributed by atoms with Gasteiger partial charge < -0.3 is 4.98 Å². The molecule has 25 heavy (non-hydrogen) atoms. The first kappa shape index (κ1) is 17.2. The van der Waals surface area contributed by atoms with E-state index in [1.807, 2.05) is 0 Å². The molecule has 126 valence electrons. The second-order valence-electron chi connectivity index (χ2n) is 5.44. The van der Waals surface area contributed by atoms with Gasteiger partial charge in [0.15, 0.2) is 9.84 Å². The number of rotatable bonds is 4. The van der Waals surface area contributed by atoms with Crippen molar-refractivity contribution in [3.63, 3.8) is 0 Å². The lowest BCUT2D eigenvalue weighted by Gasteiger charge is -2.03. The van der Waals surface area contributed by atoms with Crippen molar-refractivity contribution in [1.29, 1.82) is 5.26 Å². The molecular formula is C18H12ClFN2O2S. The summed E-state index contributed by atoms with van der Waals surface area (Å²) in [4.78, 5) is 2.64. The molecular weight excluding hydrogens is 363 g/mol. The number of benzene rings is 2. The number of fused-ring (bicyclic) bond motifs is 1. The zero-order chi connectivity index (χ0) is 18.0. The smallest absolute Gasteiger partial charge is 0.192 e. The summed E-state index contributed by atoms with van der Waals surface area (Å²) < 4.78 is 38.0. The summed E-state index contributed by atoms with van der Waals surface area (Å²) in [7, 11) is -3.86. The lowest BCUT2D eigenvalue weighted by atomic mass is 10.1. The maximum Gasteiger partial charge on any atom is 0.192 e. The van der Waals surface area contributed by atoms with Gasteiger partial charge >= 0.3 is 0 Å². The Labute approximate surface area is 149 Å². The Bertz CT molecular complexity index is 1110. The minimum Gasteiger partial charge on any atom is -0.361 e. The Balaban J connectivity index is 2.00. The molecule has 4 nitrogen and oxygen atoms in total. The van der Waals surface area contributed by atoms with Gasteiger partial charge in [0.25, 0.3) is 0 Å². The zero-order valence-corrected chi connectivity index (χ0v) is 14.4. The van der Waals surface area contributed by atoms with E-state index in [4.69, 9.17) is 11.6 Å². The van der Waals surface area contributed by atoms with Crippen molar-refractivity contribution in [2.45, 2.75) is 5.75 Å². The Morgan fingerprint density at radius 2 is 1.96 bits per heavy atom. The van der Waals surface area contributed by atoms with Crippen molar-refractivity contribution < 1.29 is 12.8 Å². The molecule has 0 amide bonds. The highest BCUT2D eigenvalue weighted by Crippen LogP contribution is 2.26. The average Bonchev–Trinajstić information content (AvgIpc) is 2.96. The number of nitrogens with one attached hydrogen (secondary N) is 1. The second kappa shape index (κ2) is 6.71. The number of hydrogen-bond acceptors (Lipinski definition) is 3. The highest BCUT2D eigenvalue weighted by atomic mass is 35.5. The molecule has 1 heterocycles. The van der Waals surface area contributed by atoms with E-state index in [0.717, 1.165) is 10.9 Å². The molecule has 0 aliphatic rings. The number of allylic oxidation sites excluding steroid dienone is 1. The van der Waals surface area contributed by atoms with E-state index in [1.165, 1.54) is 30.3 Å². The number of nitriles is 1. The predicted molar refractivity (Wildman–Crippen MR) is 95.9 cm³/mol. The molecule has 0 bridgehead atoms. The predicted octanol–water partition coefficient (Wildman–Crippen LogP) is 4.44. The van der Waals surface area contributed by atoms with Gasteiger partial charge in [0.2, 0.25) is 0 Å². The second-order valence-corrected chi connectivity index (χ2v) is 7.83. The molecule has 0 fully saturated rings. The van der Waals surface area contributed by atoms with Crippen LogP contribution in [0.2, 0.25) is 5.02 Å². The summed E-state index contributed by atoms with van der Waals surface area (Å²) in [6.45, 7) is 0. The van der Waals surface area contributed by atoms with Crippen LogP contribution >= 0.6 is 11.6 Å². The van der Waals surface area contributed by atoms with Crippen LogP contribution in [0, 0.1) is 17.1 Å². The molecule has 1 aromatic heterocycles. The molecule has 0 aliphatic heterocycles. The number of nitrogens with zero attached hydrogens (tertiary/aromatic N) is 1. The Morgan fingerprint density at radius 3 is 2.64 bits per heavy atom. The fourth-order valence-corrected chi connectivity index (χ4v) is 3.85. The van der Waals surface area contributed by atoms with E-state index >= 15 is 0 Å². The van der Waals surface area contributed by atoms with E-state index in [2.05, 4.69) is 4.98 Å². The molecule has 0 unspecified atom stereocenters. The van der Waals surface area contributed by atoms with Gasteiger partial charge in [-0.15, -0.1) is 0 Å². The van der Waals surface area contributed by atoms with Crippen LogP contribution in [0.5, 0.6) is 0 Å². The van der Waals surface area contributed by atoms with Gasteiger partial charge in [-0.25, -0.2) is 12.8 Å². The van der Waals surface area contributed by atoms with Crippen molar-refractivity contribution in [3.05, 3.63) is 75.5 Å². The van der Waals surface area contributed by atoms with Crippen molar-refractivity contribution in [2.75, 3.05) is 0 Å². The third-order valence-corrected chi connectivity index (χ3v) is 5.51. The highest BCUT2D eigenvalue weighted by Gasteiger charge is 2.19. The summed E-state index contributed by atoms with van der Waals surface area (Å²) in [5.74, 6) is -0.830. The monoisotopic (exact) mass is 374 g/mol. The van der Waals surface area contributed by atoms with E-state index in [-0.39, 0.29) is 10.7 Å². The van der Waals surface area contributed by atoms with Crippen LogP contribution < -0.4 is 0 Å². The number of aromatic amines is 1. The molecule has 0 saturated heterocycles. The van der Waals surface area contributed by atoms with Crippen molar-refractivity contribution in [1.82, 2.24) is 4.98 Å². The van der Waals surface area contributed by atoms with E-state index in [0.29, 0.717) is 16.1 Å². The highest BCUT2D eigenvalue weighted by molar-refractivity contribution is 7.95. The van der Waals surface area contributed by atoms with Gasteiger partial charge in [0, 0.05) is 27.7 Å². The molecule has 0 aliphatic carbocycles. The number of sulfone groups is 1. The topological polar surface area (TPSA) is 73.7 Å². The van der Waals surface area contributed by atoms with Gasteiger partial charge in [-0.05, 0) is 42.0 Å². The van der Waals surface area contributed by atoms with Crippen LogP contribution in [0.15, 0.2) is 53.6 Å². The van der Waals surface area contributed by atoms with Gasteiger partial charge in [-0.3, -0.25) is 0 Å². The lowest BCUT2D eigenvalue weighted by Crippen LogP contribution is -2.06. The van der Waals surface area contributed by atoms with Gasteiger partial charge in [0.05, 0.1) is 5.75 Å². The van der Waals surface area contributed by atoms with Crippen LogP contribution in [-0.2, 0) is 15.6 Å². The molecule has 0 radical (unpaired) electrons. The quantitative estimate of drug-likeness (QED) is 0.686. The molecule has 1 N–H and O–H groups in total. The minimum atomic E-state index is -3.86. The summed E-state index contributed by atoms with van der Waals surface area (Å²) in [6, 6.07) is 12.1. The number of halogens is 2. The van der Waals surface area contributed by atoms with E-state index < -0.39 is 15.7 Å². The molecule has 0 atom stereocenters. The Hall–Kier alpha value is -2.62. The van der Waals surface area contributed by atoms with Gasteiger partial charge in [-0.2, -0.15) is 5.26 Å². The maximum absolute atomic E-state index is 12.9. The first-order chi connectivity index (χ1) is 11.9. The summed E-state index contributed by atoms with van der Waals surface area (Å²) in [5, 5.41) is 10.5. The number of aromatic nitrogens is 1. The first-order valence-corrected chi connectivity index (χ1v) is 9.28. The first-order valence-electron chi connectivity index (χ1n) is 7.25. The fraction of sp³-hybridized carbons (Fsp3) is 0.0556. The number of hydrogen-bond donors (Lipinski definition) is 1. The van der Waals surface area contributed by atoms with E-state index in [9.17, 15) is 18.1 Å². The zero-order valence-electron chi connectivity index (χ0n) is 12.8. The summed E-state index contributed by atoms with van der Waals surface area (Å²) in [5.41, 5.74) is 1.74. The summed E-state index contributed by atoms with van der Waals surface area (Å²) in [6.07, 6.45) is 2.93. The van der Waals surface area contributed by atoms with Crippen molar-refractivity contribution in [2.24, 2.45) is 0 Å². The molecule has 3 rings (SSSR count). The molecule has 2 aromatic carbocycles. The van der Waals surface area contributed by atoms with Crippen LogP contribution in [0.25, 0.3) is 17.0 Å². The van der Waals surface area contributed by atoms with Gasteiger partial charge in [-0.1, -0.05) is 23.7 Å². The van der Waals surface area contributed by atoms with E-state index in [1.54, 1.807) is 30.5 Å².